The van der Waals surface area contributed by atoms with Crippen molar-refractivity contribution in [2.45, 2.75) is 129 Å². The molecule has 0 aromatic heterocycles. The average Bonchev–Trinajstić information content (AvgIpc) is 2.88. The van der Waals surface area contributed by atoms with Gasteiger partial charge >= 0.3 is 18.1 Å². The van der Waals surface area contributed by atoms with Crippen LogP contribution in [0, 0.1) is 0 Å². The van der Waals surface area contributed by atoms with Gasteiger partial charge in [-0.15, -0.1) is 0 Å². The first-order chi connectivity index (χ1) is 18.8. The van der Waals surface area contributed by atoms with Crippen LogP contribution in [0.1, 0.15) is 133 Å². The van der Waals surface area contributed by atoms with Crippen LogP contribution in [0.25, 0.3) is 0 Å². The number of carbonyl (C=O) groups is 2. The number of ether oxygens (including phenoxy) is 2. The van der Waals surface area contributed by atoms with E-state index in [0.29, 0.717) is 6.42 Å². The van der Waals surface area contributed by atoms with Crippen molar-refractivity contribution < 1.29 is 32.2 Å². The van der Waals surface area contributed by atoms with E-state index < -0.39 is 23.9 Å². The van der Waals surface area contributed by atoms with Crippen molar-refractivity contribution in [2.75, 3.05) is 0 Å². The van der Waals surface area contributed by atoms with Gasteiger partial charge in [-0.05, 0) is 56.7 Å². The lowest BCUT2D eigenvalue weighted by molar-refractivity contribution is -0.132. The average molecular weight is 553 g/mol. The van der Waals surface area contributed by atoms with Gasteiger partial charge in [0.05, 0.1) is 0 Å². The molecule has 39 heavy (non-hydrogen) atoms. The molecule has 0 saturated carbocycles. The van der Waals surface area contributed by atoms with E-state index in [2.05, 4.69) is 23.8 Å². The summed E-state index contributed by atoms with van der Waals surface area (Å²) < 4.78 is 49.8. The van der Waals surface area contributed by atoms with Crippen LogP contribution >= 0.6 is 0 Å². The van der Waals surface area contributed by atoms with Crippen molar-refractivity contribution >= 4 is 11.9 Å². The maximum absolute atomic E-state index is 13.4. The SMILES string of the molecule is CCCCCCCC/C=C\CCCCCCCCCC/C=C(/OC(=O)c1ccccc1OC(C)=O)C(F)(F)F. The molecule has 0 bridgehead atoms. The van der Waals surface area contributed by atoms with Crippen molar-refractivity contribution in [3.05, 3.63) is 53.8 Å². The monoisotopic (exact) mass is 552 g/mol. The zero-order valence-corrected chi connectivity index (χ0v) is 23.8. The molecule has 0 aliphatic rings. The van der Waals surface area contributed by atoms with Gasteiger partial charge in [0.2, 0.25) is 5.76 Å². The highest BCUT2D eigenvalue weighted by molar-refractivity contribution is 5.94. The molecule has 0 aliphatic heterocycles. The zero-order chi connectivity index (χ0) is 28.8. The lowest BCUT2D eigenvalue weighted by Crippen LogP contribution is -2.19. The van der Waals surface area contributed by atoms with E-state index in [1.807, 2.05) is 0 Å². The Kier molecular flexibility index (Phi) is 18.8. The van der Waals surface area contributed by atoms with E-state index in [1.165, 1.54) is 88.5 Å². The molecule has 0 heterocycles. The van der Waals surface area contributed by atoms with Gasteiger partial charge in [0, 0.05) is 6.92 Å². The molecule has 0 saturated heterocycles. The maximum atomic E-state index is 13.4. The minimum Gasteiger partial charge on any atom is -0.426 e. The first kappa shape index (κ1) is 34.5. The van der Waals surface area contributed by atoms with Gasteiger partial charge in [-0.2, -0.15) is 13.2 Å². The first-order valence-electron chi connectivity index (χ1n) is 14.7. The Morgan fingerprint density at radius 1 is 0.744 bits per heavy atom. The van der Waals surface area contributed by atoms with Gasteiger partial charge in [0.25, 0.3) is 0 Å². The Bertz CT molecular complexity index is 874. The van der Waals surface area contributed by atoms with Crippen molar-refractivity contribution in [2.24, 2.45) is 0 Å². The Labute approximate surface area is 233 Å². The number of carbonyl (C=O) groups excluding carboxylic acids is 2. The third-order valence-electron chi connectivity index (χ3n) is 6.39. The second-order valence-electron chi connectivity index (χ2n) is 9.98. The van der Waals surface area contributed by atoms with Crippen LogP contribution in [-0.2, 0) is 9.53 Å². The highest BCUT2D eigenvalue weighted by atomic mass is 19.4. The predicted molar refractivity (Wildman–Crippen MR) is 151 cm³/mol. The molecule has 1 aromatic carbocycles. The van der Waals surface area contributed by atoms with Crippen LogP contribution < -0.4 is 4.74 Å². The molecule has 0 aliphatic carbocycles. The summed E-state index contributed by atoms with van der Waals surface area (Å²) in [5.74, 6) is -3.39. The largest absolute Gasteiger partial charge is 0.449 e. The van der Waals surface area contributed by atoms with E-state index >= 15 is 0 Å². The normalized spacial score (nSPS) is 12.2. The molecule has 4 nitrogen and oxygen atoms in total. The van der Waals surface area contributed by atoms with Gasteiger partial charge in [-0.25, -0.2) is 4.79 Å². The fraction of sp³-hybridized carbons (Fsp3) is 0.625. The number of esters is 2. The lowest BCUT2D eigenvalue weighted by atomic mass is 10.1. The molecule has 0 N–H and O–H groups in total. The summed E-state index contributed by atoms with van der Waals surface area (Å²) in [7, 11) is 0. The summed E-state index contributed by atoms with van der Waals surface area (Å²) in [6.07, 6.45) is 19.5. The van der Waals surface area contributed by atoms with E-state index in [4.69, 9.17) is 4.74 Å². The molecule has 220 valence electrons. The number of hydrogen-bond donors (Lipinski definition) is 0. The molecule has 0 unspecified atom stereocenters. The number of unbranched alkanes of at least 4 members (excludes halogenated alkanes) is 15. The van der Waals surface area contributed by atoms with E-state index in [-0.39, 0.29) is 17.7 Å². The summed E-state index contributed by atoms with van der Waals surface area (Å²) in [6.45, 7) is 3.38. The molecule has 0 radical (unpaired) electrons. The van der Waals surface area contributed by atoms with Gasteiger partial charge < -0.3 is 9.47 Å². The third kappa shape index (κ3) is 17.6. The highest BCUT2D eigenvalue weighted by Crippen LogP contribution is 2.30. The smallest absolute Gasteiger partial charge is 0.426 e. The topological polar surface area (TPSA) is 52.6 Å². The first-order valence-corrected chi connectivity index (χ1v) is 14.7. The van der Waals surface area contributed by atoms with Crippen LogP contribution in [-0.4, -0.2) is 18.1 Å². The standard InChI is InChI=1S/C32H47F3O4/c1-3-4-5-6-7-8-9-10-11-12-13-14-15-16-17-18-19-20-21-26-30(32(33,34)35)39-31(37)28-24-22-23-25-29(28)38-27(2)36/h10-11,22-26H,3-9,12-21H2,1-2H3/b11-10-,30-26+. The van der Waals surface area contributed by atoms with Crippen molar-refractivity contribution in [1.82, 2.24) is 0 Å². The van der Waals surface area contributed by atoms with Gasteiger partial charge in [-0.1, -0.05) is 102 Å². The Balaban J connectivity index is 2.20. The fourth-order valence-corrected chi connectivity index (χ4v) is 4.23. The second-order valence-corrected chi connectivity index (χ2v) is 9.98. The quantitative estimate of drug-likeness (QED) is 0.0500. The molecule has 0 fully saturated rings. The van der Waals surface area contributed by atoms with E-state index in [9.17, 15) is 22.8 Å². The third-order valence-corrected chi connectivity index (χ3v) is 6.39. The van der Waals surface area contributed by atoms with Crippen molar-refractivity contribution in [3.8, 4) is 5.75 Å². The molecular weight excluding hydrogens is 505 g/mol. The number of allylic oxidation sites excluding steroid dienone is 4. The fourth-order valence-electron chi connectivity index (χ4n) is 4.23. The Morgan fingerprint density at radius 3 is 1.74 bits per heavy atom. The minimum absolute atomic E-state index is 0.142. The molecule has 1 rings (SSSR count). The van der Waals surface area contributed by atoms with Crippen LogP contribution in [0.2, 0.25) is 0 Å². The van der Waals surface area contributed by atoms with Crippen LogP contribution in [0.3, 0.4) is 0 Å². The summed E-state index contributed by atoms with van der Waals surface area (Å²) in [5.41, 5.74) is -0.243. The Hall–Kier alpha value is -2.57. The number of halogens is 3. The van der Waals surface area contributed by atoms with Crippen LogP contribution in [0.5, 0.6) is 5.75 Å². The van der Waals surface area contributed by atoms with Crippen LogP contribution in [0.15, 0.2) is 48.3 Å². The summed E-state index contributed by atoms with van der Waals surface area (Å²) in [6, 6.07) is 5.54. The molecule has 1 aromatic rings. The van der Waals surface area contributed by atoms with Gasteiger partial charge in [0.1, 0.15) is 11.3 Å². The molecular formula is C32H47F3O4. The van der Waals surface area contributed by atoms with Gasteiger partial charge in [0.15, 0.2) is 0 Å². The number of hydrogen-bond acceptors (Lipinski definition) is 4. The summed E-state index contributed by atoms with van der Waals surface area (Å²) in [5, 5.41) is 0. The lowest BCUT2D eigenvalue weighted by Gasteiger charge is -2.13. The highest BCUT2D eigenvalue weighted by Gasteiger charge is 2.37. The van der Waals surface area contributed by atoms with Crippen molar-refractivity contribution in [3.63, 3.8) is 0 Å². The molecule has 0 spiro atoms. The van der Waals surface area contributed by atoms with E-state index in [1.54, 1.807) is 0 Å². The number of alkyl halides is 3. The molecule has 0 amide bonds. The summed E-state index contributed by atoms with van der Waals surface area (Å²) in [4.78, 5) is 23.5. The van der Waals surface area contributed by atoms with Crippen molar-refractivity contribution in [1.29, 1.82) is 0 Å². The van der Waals surface area contributed by atoms with E-state index in [0.717, 1.165) is 45.1 Å². The number of benzene rings is 1. The molecule has 7 heteroatoms. The van der Waals surface area contributed by atoms with Gasteiger partial charge in [-0.3, -0.25) is 4.79 Å². The Morgan fingerprint density at radius 2 is 1.23 bits per heavy atom. The number of para-hydroxylation sites is 1. The predicted octanol–water partition coefficient (Wildman–Crippen LogP) is 10.4. The number of rotatable bonds is 21. The summed E-state index contributed by atoms with van der Waals surface area (Å²) >= 11 is 0. The molecule has 0 atom stereocenters. The maximum Gasteiger partial charge on any atom is 0.449 e. The minimum atomic E-state index is -4.80. The van der Waals surface area contributed by atoms with Crippen LogP contribution in [0.4, 0.5) is 13.2 Å². The second kappa shape index (κ2) is 21.3. The zero-order valence-electron chi connectivity index (χ0n) is 23.8.